The number of alkyl halides is 4. The Morgan fingerprint density at radius 2 is 0.554 bits per heavy atom. The Kier molecular flexibility index (Phi) is 40.3. The normalized spacial score (nSPS) is 10.4. The van der Waals surface area contributed by atoms with Gasteiger partial charge in [0.2, 0.25) is 0 Å². The van der Waals surface area contributed by atoms with E-state index in [1.54, 1.807) is 0 Å². The van der Waals surface area contributed by atoms with Gasteiger partial charge in [-0.3, -0.25) is 0 Å². The maximum absolute atomic E-state index is 4.76. The molecule has 0 saturated heterocycles. The van der Waals surface area contributed by atoms with Gasteiger partial charge in [0.25, 0.3) is 0 Å². The zero-order valence-corrected chi connectivity index (χ0v) is 59.3. The Morgan fingerprint density at radius 1 is 0.337 bits per heavy atom. The molecule has 83 heavy (non-hydrogen) atoms. The molecule has 0 unspecified atom stereocenters. The Balaban J connectivity index is 0.00000137. The first-order valence-corrected chi connectivity index (χ1v) is 32.9. The van der Waals surface area contributed by atoms with Crippen molar-refractivity contribution in [2.24, 2.45) is 0 Å². The third-order valence-corrected chi connectivity index (χ3v) is 22.8. The first-order valence-electron chi connectivity index (χ1n) is 25.3. The monoisotopic (exact) mass is 1460 g/mol. The van der Waals surface area contributed by atoms with Gasteiger partial charge in [-0.15, -0.1) is 57.0 Å². The van der Waals surface area contributed by atoms with Crippen molar-refractivity contribution in [3.8, 4) is 0 Å². The maximum Gasteiger partial charge on any atom is 2.00 e. The van der Waals surface area contributed by atoms with Crippen LogP contribution in [0.3, 0.4) is 0 Å². The van der Waals surface area contributed by atoms with Gasteiger partial charge in [0.15, 0.2) is 0 Å². The summed E-state index contributed by atoms with van der Waals surface area (Å²) in [6.45, 7) is 14.0. The van der Waals surface area contributed by atoms with Gasteiger partial charge < -0.3 is 49.6 Å². The summed E-state index contributed by atoms with van der Waals surface area (Å²) in [7, 11) is -2.76. The van der Waals surface area contributed by atoms with Gasteiger partial charge in [0.1, 0.15) is 0 Å². The Bertz CT molecular complexity index is 2650. The van der Waals surface area contributed by atoms with Crippen molar-refractivity contribution < 1.29 is 99.7 Å². The van der Waals surface area contributed by atoms with E-state index in [0.717, 1.165) is 0 Å². The van der Waals surface area contributed by atoms with Crippen LogP contribution in [0.25, 0.3) is 0 Å². The molecule has 0 spiro atoms. The predicted octanol–water partition coefficient (Wildman–Crippen LogP) is 3.29. The summed E-state index contributed by atoms with van der Waals surface area (Å²) in [6, 6.07) is 98.8. The van der Waals surface area contributed by atoms with Crippen LogP contribution in [-0.2, 0) is 60.9 Å². The second-order valence-corrected chi connectivity index (χ2v) is 30.1. The number of rotatable bonds is 12. The third-order valence-electron chi connectivity index (χ3n) is 12.5. The van der Waals surface area contributed by atoms with E-state index in [9.17, 15) is 0 Å². The molecule has 10 aromatic carbocycles. The van der Waals surface area contributed by atoms with Crippen LogP contribution in [0.4, 0.5) is 0 Å². The SMILES string of the molecule is CC(C)(C)[c-]1cc(P(c2ccccc2)c2ccccc2)c(P(c2ccccc2)c2ccccc2)c1.CC(C)(C)c1cc(P(c2ccccc2)c2ccccc2)[c-](P(c2ccccc2)c2ccccc2)c1.ClCCl.ClCCl.[Cl-].[Cl-].[Cl-].[Cl-].[Fe+2].[Ni+2].[Ni+2]. The van der Waals surface area contributed by atoms with E-state index in [1.165, 1.54) is 74.8 Å². The molecule has 442 valence electrons. The van der Waals surface area contributed by atoms with Gasteiger partial charge in [-0.1, -0.05) is 319 Å². The van der Waals surface area contributed by atoms with Crippen molar-refractivity contribution in [2.45, 2.75) is 52.4 Å². The summed E-state index contributed by atoms with van der Waals surface area (Å²) in [5, 5.41) is 17.5. The van der Waals surface area contributed by atoms with Crippen LogP contribution in [0.5, 0.6) is 0 Å². The quantitative estimate of drug-likeness (QED) is 0.0765. The summed E-state index contributed by atoms with van der Waals surface area (Å²) >= 11 is 19.1. The summed E-state index contributed by atoms with van der Waals surface area (Å²) < 4.78 is 0. The molecular weight excluding hydrogens is 1400 g/mol. The van der Waals surface area contributed by atoms with Crippen molar-refractivity contribution in [2.75, 3.05) is 10.7 Å². The zero-order chi connectivity index (χ0) is 53.9. The van der Waals surface area contributed by atoms with E-state index >= 15 is 0 Å². The first-order chi connectivity index (χ1) is 36.9. The van der Waals surface area contributed by atoms with E-state index in [0.29, 0.717) is 0 Å². The molecule has 0 nitrogen and oxygen atoms in total. The Labute approximate surface area is 576 Å². The fraction of sp³-hybridized carbons (Fsp3) is 0.147. The number of halogens is 8. The summed E-state index contributed by atoms with van der Waals surface area (Å²) in [4.78, 5) is 0. The van der Waals surface area contributed by atoms with Crippen LogP contribution < -0.4 is 113 Å². The topological polar surface area (TPSA) is 0 Å². The summed E-state index contributed by atoms with van der Waals surface area (Å²) in [5.41, 5.74) is 2.99. The van der Waals surface area contributed by atoms with Crippen molar-refractivity contribution >= 4 is 142 Å². The minimum absolute atomic E-state index is 0. The molecule has 0 aromatic heterocycles. The van der Waals surface area contributed by atoms with Crippen molar-refractivity contribution in [3.05, 3.63) is 278 Å². The second kappa shape index (κ2) is 41.3. The zero-order valence-electron chi connectivity index (χ0n) is 46.6. The molecule has 10 aromatic rings. The van der Waals surface area contributed by atoms with Gasteiger partial charge in [-0.05, 0) is 50.4 Å². The van der Waals surface area contributed by atoms with Crippen LogP contribution >= 0.6 is 78.1 Å². The maximum atomic E-state index is 4.76. The van der Waals surface area contributed by atoms with Crippen LogP contribution in [-0.4, -0.2) is 10.7 Å². The summed E-state index contributed by atoms with van der Waals surface area (Å²) in [6.07, 6.45) is 0. The van der Waals surface area contributed by atoms with E-state index in [2.05, 4.69) is 308 Å². The molecule has 0 amide bonds. The van der Waals surface area contributed by atoms with Crippen LogP contribution in [0.2, 0.25) is 0 Å². The van der Waals surface area contributed by atoms with E-state index in [1.807, 2.05) is 0 Å². The Morgan fingerprint density at radius 3 is 0.771 bits per heavy atom. The van der Waals surface area contributed by atoms with E-state index in [4.69, 9.17) is 46.4 Å². The van der Waals surface area contributed by atoms with Crippen LogP contribution in [0, 0.1) is 0 Å². The standard InChI is InChI=1S/2C33H31P2.2CH2Cl2.4ClH.Fe.2Ni/c2*1-33(2,3)26-24-31(34(27-16-8-4-9-17-27)28-18-10-5-11-19-28)32(25-26)35(29-20-12-6-13-21-29)30-22-14-7-15-23-30;2*2-1-3;;;;;;;/h2*4-25H,1-3H3;2*1H2;4*1H;;;/q2*-1;;;;;;;3*+2/p-4. The molecule has 0 radical (unpaired) electrons. The fourth-order valence-corrected chi connectivity index (χ4v) is 19.5. The van der Waals surface area contributed by atoms with Gasteiger partial charge in [-0.25, -0.2) is 6.07 Å². The number of hydrogen-bond donors (Lipinski definition) is 0. The van der Waals surface area contributed by atoms with Gasteiger partial charge in [0, 0.05) is 0 Å². The predicted molar refractivity (Wildman–Crippen MR) is 349 cm³/mol. The molecule has 0 fully saturated rings. The minimum Gasteiger partial charge on any atom is -1.00 e. The molecule has 15 heteroatoms. The largest absolute Gasteiger partial charge is 2.00 e. The van der Waals surface area contributed by atoms with Crippen LogP contribution in [0.1, 0.15) is 52.7 Å². The van der Waals surface area contributed by atoms with Crippen molar-refractivity contribution in [1.29, 1.82) is 0 Å². The minimum atomic E-state index is -0.690. The summed E-state index contributed by atoms with van der Waals surface area (Å²) in [5.74, 6) is 0. The molecular formula is C68H66Cl8FeNi2P4. The molecule has 0 atom stereocenters. The van der Waals surface area contributed by atoms with Crippen LogP contribution in [0.15, 0.2) is 267 Å². The average Bonchev–Trinajstić information content (AvgIpc) is 4.09. The molecule has 0 aliphatic rings. The molecule has 0 heterocycles. The van der Waals surface area contributed by atoms with Crippen molar-refractivity contribution in [3.63, 3.8) is 0 Å². The fourth-order valence-electron chi connectivity index (χ4n) is 8.88. The van der Waals surface area contributed by atoms with Crippen molar-refractivity contribution in [1.82, 2.24) is 0 Å². The smallest absolute Gasteiger partial charge is 1.00 e. The Hall–Kier alpha value is -1.99. The second-order valence-electron chi connectivity index (χ2n) is 19.8. The van der Waals surface area contributed by atoms with E-state index in [-0.39, 0.29) is 121 Å². The number of benzene rings is 8. The van der Waals surface area contributed by atoms with Gasteiger partial charge in [0.05, 0.1) is 10.7 Å². The average molecular weight is 1460 g/mol. The molecule has 0 bridgehead atoms. The molecule has 0 saturated carbocycles. The first kappa shape index (κ1) is 81.0. The molecule has 0 aliphatic carbocycles. The van der Waals surface area contributed by atoms with Gasteiger partial charge >= 0.3 is 50.1 Å². The van der Waals surface area contributed by atoms with Gasteiger partial charge in [-0.2, -0.15) is 39.9 Å². The molecule has 0 aliphatic heterocycles. The van der Waals surface area contributed by atoms with E-state index < -0.39 is 31.7 Å². The molecule has 0 N–H and O–H groups in total. The number of hydrogen-bond acceptors (Lipinski definition) is 0. The molecule has 10 rings (SSSR count). The third kappa shape index (κ3) is 22.8.